The Labute approximate surface area is 171 Å². The Morgan fingerprint density at radius 3 is 2.65 bits per heavy atom. The van der Waals surface area contributed by atoms with E-state index in [0.717, 1.165) is 28.4 Å². The van der Waals surface area contributed by atoms with Gasteiger partial charge < -0.3 is 0 Å². The summed E-state index contributed by atoms with van der Waals surface area (Å²) in [6.45, 7) is 0. The van der Waals surface area contributed by atoms with Crippen molar-refractivity contribution in [3.05, 3.63) is 92.4 Å². The summed E-state index contributed by atoms with van der Waals surface area (Å²) in [6.07, 6.45) is 0.778. The molecule has 0 aliphatic heterocycles. The molecule has 130 valence electrons. The highest BCUT2D eigenvalue weighted by molar-refractivity contribution is 7.98. The summed E-state index contributed by atoms with van der Waals surface area (Å²) in [5.41, 5.74) is 2.24. The zero-order chi connectivity index (χ0) is 17.9. The minimum Gasteiger partial charge on any atom is -0.245 e. The normalized spacial score (nSPS) is 11.2. The number of halogens is 2. The molecule has 1 heterocycles. The summed E-state index contributed by atoms with van der Waals surface area (Å²) in [7, 11) is 0. The molecule has 5 heteroatoms. The Bertz CT molecular complexity index is 1050. The average molecular weight is 416 g/mol. The van der Waals surface area contributed by atoms with Crippen LogP contribution in [0.3, 0.4) is 0 Å². The predicted octanol–water partition coefficient (Wildman–Crippen LogP) is 7.49. The lowest BCUT2D eigenvalue weighted by atomic mass is 10.1. The largest absolute Gasteiger partial charge is 0.245 e. The van der Waals surface area contributed by atoms with Gasteiger partial charge in [0.2, 0.25) is 0 Å². The maximum Gasteiger partial charge on any atom is 0.0972 e. The third-order valence-electron chi connectivity index (χ3n) is 4.06. The van der Waals surface area contributed by atoms with Crippen LogP contribution in [0.4, 0.5) is 0 Å². The SMILES string of the molecule is Clc1ccc(Cc2nc(CSc3cccc4ccccc34)cs2)cc1Cl. The number of thiazole rings is 1. The third-order valence-corrected chi connectivity index (χ3v) is 6.81. The average Bonchev–Trinajstić information content (AvgIpc) is 3.10. The summed E-state index contributed by atoms with van der Waals surface area (Å²) in [5, 5.41) is 6.98. The lowest BCUT2D eigenvalue weighted by Gasteiger charge is -2.05. The van der Waals surface area contributed by atoms with Gasteiger partial charge >= 0.3 is 0 Å². The molecule has 0 aliphatic rings. The summed E-state index contributed by atoms with van der Waals surface area (Å²) >= 11 is 15.6. The fourth-order valence-electron chi connectivity index (χ4n) is 2.79. The molecular formula is C21H15Cl2NS2. The second-order valence-corrected chi connectivity index (χ2v) is 8.70. The van der Waals surface area contributed by atoms with Crippen molar-refractivity contribution in [2.24, 2.45) is 0 Å². The molecule has 0 saturated carbocycles. The first-order valence-electron chi connectivity index (χ1n) is 8.17. The first kappa shape index (κ1) is 17.9. The molecule has 3 aromatic carbocycles. The Balaban J connectivity index is 1.45. The number of nitrogens with zero attached hydrogens (tertiary/aromatic N) is 1. The van der Waals surface area contributed by atoms with Crippen LogP contribution in [0.15, 0.2) is 70.9 Å². The van der Waals surface area contributed by atoms with E-state index in [1.807, 2.05) is 30.0 Å². The standard InChI is InChI=1S/C21H15Cl2NS2/c22-18-9-8-14(10-19(18)23)11-21-24-16(13-26-21)12-25-20-7-3-5-15-4-1-2-6-17(15)20/h1-10,13H,11-12H2. The lowest BCUT2D eigenvalue weighted by Crippen LogP contribution is -1.89. The van der Waals surface area contributed by atoms with E-state index in [-0.39, 0.29) is 0 Å². The van der Waals surface area contributed by atoms with Crippen molar-refractivity contribution in [2.75, 3.05) is 0 Å². The molecule has 0 N–H and O–H groups in total. The molecule has 0 amide bonds. The van der Waals surface area contributed by atoms with Crippen LogP contribution < -0.4 is 0 Å². The van der Waals surface area contributed by atoms with E-state index in [9.17, 15) is 0 Å². The van der Waals surface area contributed by atoms with Gasteiger partial charge in [-0.2, -0.15) is 0 Å². The minimum atomic E-state index is 0.585. The number of thioether (sulfide) groups is 1. The van der Waals surface area contributed by atoms with Gasteiger partial charge in [0.25, 0.3) is 0 Å². The van der Waals surface area contributed by atoms with Crippen LogP contribution in [0.5, 0.6) is 0 Å². The fourth-order valence-corrected chi connectivity index (χ4v) is 5.02. The molecule has 0 aliphatic carbocycles. The Morgan fingerprint density at radius 1 is 0.923 bits per heavy atom. The number of aromatic nitrogens is 1. The number of hydrogen-bond donors (Lipinski definition) is 0. The molecule has 26 heavy (non-hydrogen) atoms. The van der Waals surface area contributed by atoms with E-state index < -0.39 is 0 Å². The van der Waals surface area contributed by atoms with Crippen LogP contribution >= 0.6 is 46.3 Å². The van der Waals surface area contributed by atoms with E-state index in [1.54, 1.807) is 11.3 Å². The Morgan fingerprint density at radius 2 is 1.77 bits per heavy atom. The second kappa shape index (κ2) is 8.01. The third kappa shape index (κ3) is 4.07. The Kier molecular flexibility index (Phi) is 5.51. The van der Waals surface area contributed by atoms with Crippen LogP contribution in [0.25, 0.3) is 10.8 Å². The highest BCUT2D eigenvalue weighted by Crippen LogP contribution is 2.31. The van der Waals surface area contributed by atoms with Crippen molar-refractivity contribution >= 4 is 57.1 Å². The topological polar surface area (TPSA) is 12.9 Å². The van der Waals surface area contributed by atoms with Gasteiger partial charge in [-0.05, 0) is 34.5 Å². The Hall–Kier alpha value is -1.52. The van der Waals surface area contributed by atoms with E-state index >= 15 is 0 Å². The molecule has 0 fully saturated rings. The number of rotatable bonds is 5. The molecule has 0 unspecified atom stereocenters. The van der Waals surface area contributed by atoms with Crippen molar-refractivity contribution in [3.63, 3.8) is 0 Å². The van der Waals surface area contributed by atoms with Gasteiger partial charge in [-0.25, -0.2) is 4.98 Å². The number of fused-ring (bicyclic) bond motifs is 1. The number of benzene rings is 3. The van der Waals surface area contributed by atoms with E-state index in [0.29, 0.717) is 10.0 Å². The van der Waals surface area contributed by atoms with Gasteiger partial charge in [0.1, 0.15) is 0 Å². The first-order valence-corrected chi connectivity index (χ1v) is 10.8. The molecule has 0 bridgehead atoms. The molecule has 0 spiro atoms. The van der Waals surface area contributed by atoms with Gasteiger partial charge in [0.15, 0.2) is 0 Å². The summed E-state index contributed by atoms with van der Waals surface area (Å²) in [4.78, 5) is 6.07. The highest BCUT2D eigenvalue weighted by atomic mass is 35.5. The zero-order valence-electron chi connectivity index (χ0n) is 13.8. The maximum atomic E-state index is 6.10. The van der Waals surface area contributed by atoms with Crippen LogP contribution in [0, 0.1) is 0 Å². The summed E-state index contributed by atoms with van der Waals surface area (Å²) < 4.78 is 0. The molecule has 0 saturated heterocycles. The molecule has 4 aromatic rings. The fraction of sp³-hybridized carbons (Fsp3) is 0.0952. The molecule has 1 aromatic heterocycles. The molecule has 4 rings (SSSR count). The van der Waals surface area contributed by atoms with Crippen LogP contribution in [0.1, 0.15) is 16.3 Å². The van der Waals surface area contributed by atoms with Crippen molar-refractivity contribution in [1.82, 2.24) is 4.98 Å². The van der Waals surface area contributed by atoms with E-state index in [1.165, 1.54) is 15.7 Å². The summed E-state index contributed by atoms with van der Waals surface area (Å²) in [6, 6.07) is 20.7. The lowest BCUT2D eigenvalue weighted by molar-refractivity contribution is 1.09. The second-order valence-electron chi connectivity index (χ2n) is 5.92. The van der Waals surface area contributed by atoms with E-state index in [4.69, 9.17) is 28.2 Å². The monoisotopic (exact) mass is 415 g/mol. The van der Waals surface area contributed by atoms with Crippen LogP contribution in [-0.2, 0) is 12.2 Å². The minimum absolute atomic E-state index is 0.585. The van der Waals surface area contributed by atoms with Crippen molar-refractivity contribution < 1.29 is 0 Å². The quantitative estimate of drug-likeness (QED) is 0.313. The molecule has 0 atom stereocenters. The molecule has 1 nitrogen and oxygen atoms in total. The maximum absolute atomic E-state index is 6.10. The van der Waals surface area contributed by atoms with Crippen molar-refractivity contribution in [3.8, 4) is 0 Å². The molecular weight excluding hydrogens is 401 g/mol. The van der Waals surface area contributed by atoms with Gasteiger partial charge in [-0.1, -0.05) is 65.7 Å². The summed E-state index contributed by atoms with van der Waals surface area (Å²) in [5.74, 6) is 0.867. The van der Waals surface area contributed by atoms with Gasteiger partial charge in [-0.15, -0.1) is 23.1 Å². The number of hydrogen-bond acceptors (Lipinski definition) is 3. The van der Waals surface area contributed by atoms with Gasteiger partial charge in [-0.3, -0.25) is 0 Å². The first-order chi connectivity index (χ1) is 12.7. The molecule has 0 radical (unpaired) electrons. The predicted molar refractivity (Wildman–Crippen MR) is 115 cm³/mol. The van der Waals surface area contributed by atoms with Crippen molar-refractivity contribution in [1.29, 1.82) is 0 Å². The highest BCUT2D eigenvalue weighted by Gasteiger charge is 2.07. The van der Waals surface area contributed by atoms with Crippen LogP contribution in [-0.4, -0.2) is 4.98 Å². The van der Waals surface area contributed by atoms with Crippen LogP contribution in [0.2, 0.25) is 10.0 Å². The smallest absolute Gasteiger partial charge is 0.0972 e. The van der Waals surface area contributed by atoms with Gasteiger partial charge in [0.05, 0.1) is 20.7 Å². The van der Waals surface area contributed by atoms with Gasteiger partial charge in [0, 0.05) is 22.4 Å². The van der Waals surface area contributed by atoms with Crippen molar-refractivity contribution in [2.45, 2.75) is 17.1 Å². The van der Waals surface area contributed by atoms with E-state index in [2.05, 4.69) is 47.8 Å². The zero-order valence-corrected chi connectivity index (χ0v) is 16.9.